The second kappa shape index (κ2) is 9.18. The summed E-state index contributed by atoms with van der Waals surface area (Å²) in [6.07, 6.45) is 0. The van der Waals surface area contributed by atoms with Crippen molar-refractivity contribution in [1.29, 1.82) is 0 Å². The first-order valence-electron chi connectivity index (χ1n) is 10.3. The summed E-state index contributed by atoms with van der Waals surface area (Å²) < 4.78 is 17.6. The molecule has 3 rings (SSSR count). The minimum absolute atomic E-state index is 0.121. The van der Waals surface area contributed by atoms with E-state index in [-0.39, 0.29) is 5.78 Å². The lowest BCUT2D eigenvalue weighted by Gasteiger charge is -2.19. The van der Waals surface area contributed by atoms with Crippen molar-refractivity contribution in [3.8, 4) is 28.4 Å². The van der Waals surface area contributed by atoms with Crippen molar-refractivity contribution in [2.45, 2.75) is 27.7 Å². The Morgan fingerprint density at radius 3 is 2.21 bits per heavy atom. The fraction of sp³-hybridized carbons (Fsp3) is 0.435. The van der Waals surface area contributed by atoms with Crippen molar-refractivity contribution < 1.29 is 19.0 Å². The van der Waals surface area contributed by atoms with Crippen LogP contribution in [0.4, 0.5) is 5.69 Å². The number of nitrogen functional groups attached to an aromatic ring is 1. The third-order valence-electron chi connectivity index (χ3n) is 5.20. The van der Waals surface area contributed by atoms with E-state index in [9.17, 15) is 4.79 Å². The number of carbonyl (C=O) groups excluding carboxylic acids is 1. The zero-order valence-corrected chi connectivity index (χ0v) is 17.7. The van der Waals surface area contributed by atoms with Crippen molar-refractivity contribution in [1.82, 2.24) is 4.90 Å². The van der Waals surface area contributed by atoms with Crippen LogP contribution in [-0.4, -0.2) is 50.1 Å². The Morgan fingerprint density at radius 2 is 1.55 bits per heavy atom. The molecule has 0 spiro atoms. The van der Waals surface area contributed by atoms with Gasteiger partial charge in [0.2, 0.25) is 0 Å². The molecule has 1 aliphatic carbocycles. The zero-order chi connectivity index (χ0) is 21.0. The molecule has 0 bridgehead atoms. The van der Waals surface area contributed by atoms with Crippen LogP contribution in [0.5, 0.6) is 17.2 Å². The summed E-state index contributed by atoms with van der Waals surface area (Å²) in [5.74, 6) is 1.61. The van der Waals surface area contributed by atoms with Gasteiger partial charge in [0.15, 0.2) is 5.78 Å². The highest BCUT2D eigenvalue weighted by atomic mass is 16.5. The Labute approximate surface area is 172 Å². The summed E-state index contributed by atoms with van der Waals surface area (Å²) in [7, 11) is 0. The molecule has 2 aromatic carbocycles. The van der Waals surface area contributed by atoms with Crippen molar-refractivity contribution in [3.05, 3.63) is 35.4 Å². The summed E-state index contributed by atoms with van der Waals surface area (Å²) in [6.45, 7) is 12.3. The number of nitrogens with two attached hydrogens (primary N) is 1. The van der Waals surface area contributed by atoms with Crippen molar-refractivity contribution in [2.24, 2.45) is 0 Å². The fourth-order valence-corrected chi connectivity index (χ4v) is 3.74. The Morgan fingerprint density at radius 1 is 0.862 bits per heavy atom. The standard InChI is InChI=1S/C23H30N2O4/c1-5-25(6-2)12-13-29-16-11-9-10-15-19(16)20-17(27-7-3)14-18(28-8-4)22(24)21(20)23(15)26/h9-11,14H,5-8,12-13,24H2,1-4H3. The predicted octanol–water partition coefficient (Wildman–Crippen LogP) is 4.00. The number of likely N-dealkylation sites (N-methyl/N-ethyl adjacent to an activating group) is 1. The Kier molecular flexibility index (Phi) is 6.64. The molecule has 0 saturated carbocycles. The van der Waals surface area contributed by atoms with E-state index in [4.69, 9.17) is 19.9 Å². The largest absolute Gasteiger partial charge is 0.493 e. The lowest BCUT2D eigenvalue weighted by molar-refractivity contribution is 0.104. The van der Waals surface area contributed by atoms with Crippen LogP contribution in [0, 0.1) is 0 Å². The summed E-state index contributed by atoms with van der Waals surface area (Å²) in [5, 5.41) is 0. The lowest BCUT2D eigenvalue weighted by Crippen LogP contribution is -2.28. The molecule has 1 aliphatic rings. The number of carbonyl (C=O) groups is 1. The van der Waals surface area contributed by atoms with Gasteiger partial charge in [-0.1, -0.05) is 26.0 Å². The van der Waals surface area contributed by atoms with Crippen LogP contribution in [0.1, 0.15) is 43.6 Å². The smallest absolute Gasteiger partial charge is 0.196 e. The molecule has 2 aromatic rings. The number of rotatable bonds is 10. The summed E-state index contributed by atoms with van der Waals surface area (Å²) in [5.41, 5.74) is 9.16. The van der Waals surface area contributed by atoms with Gasteiger partial charge in [-0.15, -0.1) is 0 Å². The van der Waals surface area contributed by atoms with Crippen LogP contribution >= 0.6 is 0 Å². The van der Waals surface area contributed by atoms with Crippen LogP contribution < -0.4 is 19.9 Å². The molecule has 6 nitrogen and oxygen atoms in total. The lowest BCUT2D eigenvalue weighted by atomic mass is 10.0. The molecule has 29 heavy (non-hydrogen) atoms. The van der Waals surface area contributed by atoms with Gasteiger partial charge in [0.25, 0.3) is 0 Å². The average molecular weight is 399 g/mol. The molecule has 0 amide bonds. The number of fused-ring (bicyclic) bond motifs is 3. The quantitative estimate of drug-likeness (QED) is 0.521. The monoisotopic (exact) mass is 398 g/mol. The SMILES string of the molecule is CCOc1cc(OCC)c2c(c1N)C(=O)c1cccc(OCCN(CC)CC)c1-2. The first-order chi connectivity index (χ1) is 14.1. The van der Waals surface area contributed by atoms with Gasteiger partial charge < -0.3 is 24.8 Å². The molecule has 2 N–H and O–H groups in total. The van der Waals surface area contributed by atoms with E-state index in [2.05, 4.69) is 18.7 Å². The van der Waals surface area contributed by atoms with Gasteiger partial charge in [-0.25, -0.2) is 0 Å². The van der Waals surface area contributed by atoms with Crippen LogP contribution in [0.15, 0.2) is 24.3 Å². The molecule has 0 unspecified atom stereocenters. The minimum Gasteiger partial charge on any atom is -0.493 e. The number of hydrogen-bond donors (Lipinski definition) is 1. The van der Waals surface area contributed by atoms with Gasteiger partial charge in [-0.3, -0.25) is 4.79 Å². The molecular formula is C23H30N2O4. The summed E-state index contributed by atoms with van der Waals surface area (Å²) >= 11 is 0. The normalized spacial score (nSPS) is 12.1. The molecule has 0 fully saturated rings. The molecular weight excluding hydrogens is 368 g/mol. The van der Waals surface area contributed by atoms with Crippen LogP contribution in [-0.2, 0) is 0 Å². The van der Waals surface area contributed by atoms with Gasteiger partial charge >= 0.3 is 0 Å². The second-order valence-corrected chi connectivity index (χ2v) is 6.79. The van der Waals surface area contributed by atoms with Gasteiger partial charge in [0.1, 0.15) is 23.9 Å². The molecule has 0 heterocycles. The molecule has 156 valence electrons. The number of anilines is 1. The number of benzene rings is 2. The van der Waals surface area contributed by atoms with E-state index in [0.717, 1.165) is 25.2 Å². The van der Waals surface area contributed by atoms with E-state index in [1.54, 1.807) is 6.07 Å². The highest BCUT2D eigenvalue weighted by molar-refractivity contribution is 6.26. The second-order valence-electron chi connectivity index (χ2n) is 6.79. The van der Waals surface area contributed by atoms with Gasteiger partial charge in [0.05, 0.1) is 24.5 Å². The van der Waals surface area contributed by atoms with E-state index >= 15 is 0 Å². The maximum absolute atomic E-state index is 13.2. The average Bonchev–Trinajstić information content (AvgIpc) is 3.03. The highest BCUT2D eigenvalue weighted by Crippen LogP contribution is 2.51. The van der Waals surface area contributed by atoms with Crippen molar-refractivity contribution in [3.63, 3.8) is 0 Å². The summed E-state index contributed by atoms with van der Waals surface area (Å²) in [4.78, 5) is 15.5. The van der Waals surface area contributed by atoms with E-state index in [1.807, 2.05) is 32.0 Å². The third-order valence-corrected chi connectivity index (χ3v) is 5.20. The fourth-order valence-electron chi connectivity index (χ4n) is 3.74. The Balaban J connectivity index is 2.06. The minimum atomic E-state index is -0.121. The Hall–Kier alpha value is -2.73. The molecule has 0 aliphatic heterocycles. The predicted molar refractivity (Wildman–Crippen MR) is 115 cm³/mol. The summed E-state index contributed by atoms with van der Waals surface area (Å²) in [6, 6.07) is 7.32. The highest BCUT2D eigenvalue weighted by Gasteiger charge is 2.36. The van der Waals surface area contributed by atoms with E-state index in [1.165, 1.54) is 0 Å². The zero-order valence-electron chi connectivity index (χ0n) is 17.7. The number of nitrogens with zero attached hydrogens (tertiary/aromatic N) is 1. The maximum Gasteiger partial charge on any atom is 0.196 e. The third kappa shape index (κ3) is 3.90. The van der Waals surface area contributed by atoms with Crippen LogP contribution in [0.2, 0.25) is 0 Å². The van der Waals surface area contributed by atoms with Crippen LogP contribution in [0.25, 0.3) is 11.1 Å². The molecule has 6 heteroatoms. The van der Waals surface area contributed by atoms with Crippen molar-refractivity contribution >= 4 is 11.5 Å². The number of ether oxygens (including phenoxy) is 3. The van der Waals surface area contributed by atoms with E-state index in [0.29, 0.717) is 59.4 Å². The maximum atomic E-state index is 13.2. The number of hydrogen-bond acceptors (Lipinski definition) is 6. The first kappa shape index (κ1) is 21.0. The molecule has 0 saturated heterocycles. The topological polar surface area (TPSA) is 74.0 Å². The van der Waals surface area contributed by atoms with Crippen LogP contribution in [0.3, 0.4) is 0 Å². The Bertz CT molecular complexity index is 891. The van der Waals surface area contributed by atoms with Gasteiger partial charge in [-0.2, -0.15) is 0 Å². The van der Waals surface area contributed by atoms with Crippen molar-refractivity contribution in [2.75, 3.05) is 45.2 Å². The molecule has 0 atom stereocenters. The number of ketones is 1. The van der Waals surface area contributed by atoms with Gasteiger partial charge in [0, 0.05) is 29.3 Å². The van der Waals surface area contributed by atoms with Gasteiger partial charge in [-0.05, 0) is 33.0 Å². The first-order valence-corrected chi connectivity index (χ1v) is 10.3. The van der Waals surface area contributed by atoms with E-state index < -0.39 is 0 Å². The molecule has 0 radical (unpaired) electrons. The molecule has 0 aromatic heterocycles.